The van der Waals surface area contributed by atoms with Crippen LogP contribution in [-0.2, 0) is 23.1 Å². The molecule has 0 bridgehead atoms. The molecule has 2 N–H and O–H groups in total. The summed E-state index contributed by atoms with van der Waals surface area (Å²) in [7, 11) is -3.52. The average molecular weight is 341 g/mol. The van der Waals surface area contributed by atoms with Crippen molar-refractivity contribution in [2.45, 2.75) is 17.9 Å². The summed E-state index contributed by atoms with van der Waals surface area (Å²) < 4.78 is 27.5. The van der Waals surface area contributed by atoms with Gasteiger partial charge in [-0.25, -0.2) is 13.1 Å². The van der Waals surface area contributed by atoms with E-state index in [-0.39, 0.29) is 11.5 Å². The van der Waals surface area contributed by atoms with Gasteiger partial charge in [-0.1, -0.05) is 54.6 Å². The number of aliphatic hydroxyl groups is 1. The largest absolute Gasteiger partial charge is 0.392 e. The first-order valence-electron chi connectivity index (χ1n) is 7.76. The minimum atomic E-state index is -3.52. The van der Waals surface area contributed by atoms with Crippen molar-refractivity contribution in [2.75, 3.05) is 6.54 Å². The Hall–Kier alpha value is -2.21. The van der Waals surface area contributed by atoms with E-state index < -0.39 is 10.0 Å². The molecule has 3 aromatic rings. The first-order chi connectivity index (χ1) is 11.6. The van der Waals surface area contributed by atoms with E-state index >= 15 is 0 Å². The molecule has 4 nitrogen and oxygen atoms in total. The Balaban J connectivity index is 1.68. The van der Waals surface area contributed by atoms with E-state index in [0.717, 1.165) is 21.9 Å². The van der Waals surface area contributed by atoms with Crippen molar-refractivity contribution in [2.24, 2.45) is 0 Å². The van der Waals surface area contributed by atoms with Gasteiger partial charge in [0.15, 0.2) is 0 Å². The maximum absolute atomic E-state index is 12.4. The van der Waals surface area contributed by atoms with Gasteiger partial charge >= 0.3 is 0 Å². The van der Waals surface area contributed by atoms with Gasteiger partial charge in [0.1, 0.15) is 0 Å². The van der Waals surface area contributed by atoms with Crippen LogP contribution < -0.4 is 4.72 Å². The van der Waals surface area contributed by atoms with Crippen LogP contribution in [0.15, 0.2) is 71.6 Å². The minimum Gasteiger partial charge on any atom is -0.392 e. The summed E-state index contributed by atoms with van der Waals surface area (Å²) in [5.41, 5.74) is 1.86. The number of nitrogens with one attached hydrogen (secondary N) is 1. The lowest BCUT2D eigenvalue weighted by molar-refractivity contribution is 0.282. The minimum absolute atomic E-state index is 0.00880. The first kappa shape index (κ1) is 16.6. The van der Waals surface area contributed by atoms with Crippen LogP contribution in [0.5, 0.6) is 0 Å². The Morgan fingerprint density at radius 2 is 1.50 bits per heavy atom. The fourth-order valence-corrected chi connectivity index (χ4v) is 3.63. The average Bonchev–Trinajstić information content (AvgIpc) is 2.62. The molecule has 0 atom stereocenters. The number of fused-ring (bicyclic) bond motifs is 1. The van der Waals surface area contributed by atoms with Crippen molar-refractivity contribution in [3.05, 3.63) is 77.9 Å². The smallest absolute Gasteiger partial charge is 0.240 e. The van der Waals surface area contributed by atoms with Gasteiger partial charge < -0.3 is 5.11 Å². The van der Waals surface area contributed by atoms with Crippen molar-refractivity contribution < 1.29 is 13.5 Å². The molecule has 0 heterocycles. The molecule has 0 unspecified atom stereocenters. The highest BCUT2D eigenvalue weighted by Crippen LogP contribution is 2.18. The highest BCUT2D eigenvalue weighted by Gasteiger charge is 2.13. The molecule has 0 aliphatic rings. The number of hydrogen-bond acceptors (Lipinski definition) is 3. The maximum Gasteiger partial charge on any atom is 0.240 e. The zero-order chi connectivity index (χ0) is 17.0. The summed E-state index contributed by atoms with van der Waals surface area (Å²) in [6.07, 6.45) is 0.596. The van der Waals surface area contributed by atoms with E-state index in [1.165, 1.54) is 0 Å². The van der Waals surface area contributed by atoms with Crippen LogP contribution >= 0.6 is 0 Å². The van der Waals surface area contributed by atoms with Gasteiger partial charge in [0.05, 0.1) is 11.5 Å². The summed E-state index contributed by atoms with van der Waals surface area (Å²) in [6.45, 7) is 0.336. The molecule has 0 saturated heterocycles. The van der Waals surface area contributed by atoms with Crippen molar-refractivity contribution in [3.63, 3.8) is 0 Å². The van der Waals surface area contributed by atoms with Gasteiger partial charge in [-0.3, -0.25) is 0 Å². The quantitative estimate of drug-likeness (QED) is 0.724. The molecule has 0 aliphatic carbocycles. The van der Waals surface area contributed by atoms with Gasteiger partial charge in [-0.2, -0.15) is 0 Å². The number of sulfonamides is 1. The van der Waals surface area contributed by atoms with Crippen molar-refractivity contribution >= 4 is 20.8 Å². The van der Waals surface area contributed by atoms with E-state index in [1.807, 2.05) is 54.6 Å². The second-order valence-corrected chi connectivity index (χ2v) is 7.40. The van der Waals surface area contributed by atoms with Crippen molar-refractivity contribution in [1.29, 1.82) is 0 Å². The number of hydrogen-bond donors (Lipinski definition) is 2. The van der Waals surface area contributed by atoms with Gasteiger partial charge in [-0.15, -0.1) is 0 Å². The summed E-state index contributed by atoms with van der Waals surface area (Å²) in [6, 6.07) is 20.3. The highest BCUT2D eigenvalue weighted by molar-refractivity contribution is 7.89. The monoisotopic (exact) mass is 341 g/mol. The van der Waals surface area contributed by atoms with Crippen LogP contribution in [0.4, 0.5) is 0 Å². The SMILES string of the molecule is O=S(=O)(NCCc1ccc(CO)cc1)c1ccc2ccccc2c1. The molecule has 0 aliphatic heterocycles. The third-order valence-electron chi connectivity index (χ3n) is 3.94. The molecule has 0 spiro atoms. The van der Waals surface area contributed by atoms with E-state index in [4.69, 9.17) is 5.11 Å². The predicted molar refractivity (Wildman–Crippen MR) is 95.2 cm³/mol. The molecule has 24 heavy (non-hydrogen) atoms. The number of benzene rings is 3. The Labute approximate surface area is 141 Å². The van der Waals surface area contributed by atoms with Gasteiger partial charge in [-0.05, 0) is 40.5 Å². The fraction of sp³-hybridized carbons (Fsp3) is 0.158. The zero-order valence-electron chi connectivity index (χ0n) is 13.1. The lowest BCUT2D eigenvalue weighted by atomic mass is 10.1. The third-order valence-corrected chi connectivity index (χ3v) is 5.40. The summed E-state index contributed by atoms with van der Waals surface area (Å²) in [5, 5.41) is 10.9. The zero-order valence-corrected chi connectivity index (χ0v) is 14.0. The van der Waals surface area contributed by atoms with E-state index in [1.54, 1.807) is 12.1 Å². The summed E-state index contributed by atoms with van der Waals surface area (Å²) in [4.78, 5) is 0.275. The standard InChI is InChI=1S/C19H19NO3S/c21-14-16-7-5-15(6-8-16)11-12-20-24(22,23)19-10-9-17-3-1-2-4-18(17)13-19/h1-10,13,20-21H,11-12,14H2. The number of aliphatic hydroxyl groups excluding tert-OH is 1. The Kier molecular flexibility index (Phi) is 4.94. The second-order valence-electron chi connectivity index (χ2n) is 5.63. The topological polar surface area (TPSA) is 66.4 Å². The molecule has 3 rings (SSSR count). The third kappa shape index (κ3) is 3.82. The molecular formula is C19H19NO3S. The van der Waals surface area contributed by atoms with Gasteiger partial charge in [0.25, 0.3) is 0 Å². The first-order valence-corrected chi connectivity index (χ1v) is 9.24. The molecule has 124 valence electrons. The molecule has 0 aromatic heterocycles. The Bertz CT molecular complexity index is 934. The van der Waals surface area contributed by atoms with Gasteiger partial charge in [0.2, 0.25) is 10.0 Å². The van der Waals surface area contributed by atoms with Crippen LogP contribution in [0, 0.1) is 0 Å². The second kappa shape index (κ2) is 7.13. The lowest BCUT2D eigenvalue weighted by Gasteiger charge is -2.08. The van der Waals surface area contributed by atoms with Crippen LogP contribution in [0.3, 0.4) is 0 Å². The van der Waals surface area contributed by atoms with Crippen LogP contribution in [0.25, 0.3) is 10.8 Å². The van der Waals surface area contributed by atoms with Crippen molar-refractivity contribution in [3.8, 4) is 0 Å². The molecule has 3 aromatic carbocycles. The predicted octanol–water partition coefficient (Wildman–Crippen LogP) is 2.85. The fourth-order valence-electron chi connectivity index (χ4n) is 2.56. The molecule has 0 radical (unpaired) electrons. The number of rotatable bonds is 6. The van der Waals surface area contributed by atoms with Crippen molar-refractivity contribution in [1.82, 2.24) is 4.72 Å². The molecule has 0 fully saturated rings. The summed E-state index contributed by atoms with van der Waals surface area (Å²) >= 11 is 0. The molecule has 0 saturated carbocycles. The highest BCUT2D eigenvalue weighted by atomic mass is 32.2. The Morgan fingerprint density at radius 3 is 2.21 bits per heavy atom. The van der Waals surface area contributed by atoms with Gasteiger partial charge in [0, 0.05) is 6.54 Å². The normalized spacial score (nSPS) is 11.7. The molecular weight excluding hydrogens is 322 g/mol. The Morgan fingerprint density at radius 1 is 0.833 bits per heavy atom. The van der Waals surface area contributed by atoms with Crippen LogP contribution in [0.2, 0.25) is 0 Å². The van der Waals surface area contributed by atoms with E-state index in [9.17, 15) is 8.42 Å². The van der Waals surface area contributed by atoms with E-state index in [0.29, 0.717) is 13.0 Å². The van der Waals surface area contributed by atoms with Crippen LogP contribution in [0.1, 0.15) is 11.1 Å². The lowest BCUT2D eigenvalue weighted by Crippen LogP contribution is -2.26. The molecule has 5 heteroatoms. The maximum atomic E-state index is 12.4. The summed E-state index contributed by atoms with van der Waals surface area (Å²) in [5.74, 6) is 0. The molecule has 0 amide bonds. The van der Waals surface area contributed by atoms with E-state index in [2.05, 4.69) is 4.72 Å². The van der Waals surface area contributed by atoms with Crippen LogP contribution in [-0.4, -0.2) is 20.1 Å².